The Kier molecular flexibility index (Phi) is 6.36. The Balaban J connectivity index is 2.27. The van der Waals surface area contributed by atoms with Crippen LogP contribution < -0.4 is 0 Å². The van der Waals surface area contributed by atoms with Crippen molar-refractivity contribution in [2.45, 2.75) is 65.7 Å². The van der Waals surface area contributed by atoms with E-state index < -0.39 is 11.9 Å². The number of carbonyl (C=O) groups excluding carboxylic acids is 2. The quantitative estimate of drug-likeness (QED) is 0.399. The van der Waals surface area contributed by atoms with Crippen LogP contribution in [-0.2, 0) is 19.1 Å². The second kappa shape index (κ2) is 7.98. The second-order valence-corrected chi connectivity index (χ2v) is 8.86. The van der Waals surface area contributed by atoms with Crippen LogP contribution in [0.1, 0.15) is 65.7 Å². The summed E-state index contributed by atoms with van der Waals surface area (Å²) in [6, 6.07) is 0. The lowest BCUT2D eigenvalue weighted by molar-refractivity contribution is -0.143. The molecule has 0 aromatic carbocycles. The van der Waals surface area contributed by atoms with Gasteiger partial charge in [0.2, 0.25) is 0 Å². The zero-order valence-corrected chi connectivity index (χ0v) is 17.0. The van der Waals surface area contributed by atoms with Gasteiger partial charge in [-0.25, -0.2) is 4.79 Å². The van der Waals surface area contributed by atoms with Gasteiger partial charge in [0.15, 0.2) is 0 Å². The van der Waals surface area contributed by atoms with Gasteiger partial charge in [-0.3, -0.25) is 4.79 Å². The number of hydrogen-bond acceptors (Lipinski definition) is 4. The molecule has 2 fully saturated rings. The van der Waals surface area contributed by atoms with Crippen LogP contribution in [0.5, 0.6) is 0 Å². The van der Waals surface area contributed by atoms with E-state index in [1.807, 2.05) is 6.08 Å². The van der Waals surface area contributed by atoms with Crippen molar-refractivity contribution in [3.63, 3.8) is 0 Å². The van der Waals surface area contributed by atoms with Crippen molar-refractivity contribution >= 4 is 11.9 Å². The number of esters is 2. The molecular weight excluding hydrogens is 328 g/mol. The fraction of sp³-hybridized carbons (Fsp3) is 0.727. The fourth-order valence-electron chi connectivity index (χ4n) is 5.56. The highest BCUT2D eigenvalue weighted by atomic mass is 16.5. The Hall–Kier alpha value is -1.58. The first-order valence-electron chi connectivity index (χ1n) is 9.67. The topological polar surface area (TPSA) is 52.6 Å². The lowest BCUT2D eigenvalue weighted by Crippen LogP contribution is -2.49. The number of rotatable bonds is 5. The molecular formula is C22H34O4. The summed E-state index contributed by atoms with van der Waals surface area (Å²) in [6.45, 7) is 11.6. The molecule has 0 saturated heterocycles. The highest BCUT2D eigenvalue weighted by Gasteiger charge is 2.52. The van der Waals surface area contributed by atoms with Crippen LogP contribution in [0.3, 0.4) is 0 Å². The maximum Gasteiger partial charge on any atom is 0.333 e. The molecule has 0 aliphatic heterocycles. The minimum atomic E-state index is -0.456. The van der Waals surface area contributed by atoms with Crippen molar-refractivity contribution in [1.82, 2.24) is 0 Å². The summed E-state index contributed by atoms with van der Waals surface area (Å²) in [6.07, 6.45) is 8.52. The van der Waals surface area contributed by atoms with Crippen LogP contribution in [0.15, 0.2) is 23.8 Å². The van der Waals surface area contributed by atoms with Crippen molar-refractivity contribution in [1.29, 1.82) is 0 Å². The van der Waals surface area contributed by atoms with Crippen molar-refractivity contribution < 1.29 is 19.1 Å². The molecule has 0 aromatic heterocycles. The predicted molar refractivity (Wildman–Crippen MR) is 102 cm³/mol. The van der Waals surface area contributed by atoms with E-state index in [-0.39, 0.29) is 11.8 Å². The molecule has 2 aliphatic rings. The van der Waals surface area contributed by atoms with Crippen LogP contribution in [0, 0.1) is 22.7 Å². The molecule has 0 bridgehead atoms. The first kappa shape index (κ1) is 20.7. The number of allylic oxidation sites excluding steroid dienone is 2. The van der Waals surface area contributed by atoms with Gasteiger partial charge in [-0.1, -0.05) is 45.4 Å². The molecule has 4 heteroatoms. The van der Waals surface area contributed by atoms with Gasteiger partial charge < -0.3 is 9.47 Å². The summed E-state index contributed by atoms with van der Waals surface area (Å²) in [5.41, 5.74) is 2.19. The maximum atomic E-state index is 12.1. The van der Waals surface area contributed by atoms with Crippen LogP contribution in [-0.4, -0.2) is 26.2 Å². The second-order valence-electron chi connectivity index (χ2n) is 8.86. The third kappa shape index (κ3) is 4.05. The SMILES string of the molecule is C=C1CC[C@H]2C(C)(C)CCC[C@]2(C)[C@H]1CC=C(CC(=O)OC)C(=O)OC. The van der Waals surface area contributed by atoms with Crippen LogP contribution in [0.2, 0.25) is 0 Å². The van der Waals surface area contributed by atoms with Crippen molar-refractivity contribution in [2.75, 3.05) is 14.2 Å². The number of hydrogen-bond donors (Lipinski definition) is 0. The largest absolute Gasteiger partial charge is 0.469 e. The molecule has 0 heterocycles. The first-order valence-corrected chi connectivity index (χ1v) is 9.67. The standard InChI is InChI=1S/C22H34O4/c1-15-8-11-18-21(2,3)12-7-13-22(18,4)17(15)10-9-16(20(24)26-6)14-19(23)25-5/h9,17-18H,1,7-8,10-14H2,2-6H3/t17-,18-,22+/m0/s1. The summed E-state index contributed by atoms with van der Waals surface area (Å²) in [5.74, 6) is 0.113. The number of carbonyl (C=O) groups is 2. The van der Waals surface area contributed by atoms with E-state index in [1.165, 1.54) is 45.5 Å². The zero-order chi connectivity index (χ0) is 19.5. The van der Waals surface area contributed by atoms with Gasteiger partial charge >= 0.3 is 11.9 Å². The van der Waals surface area contributed by atoms with Crippen LogP contribution >= 0.6 is 0 Å². The molecule has 0 N–H and O–H groups in total. The molecule has 0 unspecified atom stereocenters. The molecule has 0 radical (unpaired) electrons. The van der Waals surface area contributed by atoms with Gasteiger partial charge in [0.1, 0.15) is 0 Å². The Morgan fingerprint density at radius 1 is 1.19 bits per heavy atom. The van der Waals surface area contributed by atoms with Gasteiger partial charge in [0, 0.05) is 5.57 Å². The Morgan fingerprint density at radius 2 is 1.88 bits per heavy atom. The van der Waals surface area contributed by atoms with Gasteiger partial charge in [-0.2, -0.15) is 0 Å². The Labute approximate surface area is 158 Å². The highest BCUT2D eigenvalue weighted by Crippen LogP contribution is 2.61. The highest BCUT2D eigenvalue weighted by molar-refractivity contribution is 5.93. The molecule has 2 rings (SSSR count). The van der Waals surface area contributed by atoms with Gasteiger partial charge in [-0.15, -0.1) is 0 Å². The Bertz CT molecular complexity index is 601. The molecule has 26 heavy (non-hydrogen) atoms. The van der Waals surface area contributed by atoms with E-state index in [1.54, 1.807) is 0 Å². The van der Waals surface area contributed by atoms with Gasteiger partial charge in [0.25, 0.3) is 0 Å². The molecule has 2 aliphatic carbocycles. The summed E-state index contributed by atoms with van der Waals surface area (Å²) in [7, 11) is 2.67. The van der Waals surface area contributed by atoms with Gasteiger partial charge in [0.05, 0.1) is 20.6 Å². The summed E-state index contributed by atoms with van der Waals surface area (Å²) >= 11 is 0. The molecule has 0 amide bonds. The number of ether oxygens (including phenoxy) is 2. The summed E-state index contributed by atoms with van der Waals surface area (Å²) < 4.78 is 9.57. The van der Waals surface area contributed by atoms with Crippen LogP contribution in [0.25, 0.3) is 0 Å². The molecule has 4 nitrogen and oxygen atoms in total. The third-order valence-electron chi connectivity index (χ3n) is 6.93. The molecule has 2 saturated carbocycles. The monoisotopic (exact) mass is 362 g/mol. The zero-order valence-electron chi connectivity index (χ0n) is 17.0. The molecule has 0 spiro atoms. The Morgan fingerprint density at radius 3 is 2.50 bits per heavy atom. The average Bonchev–Trinajstić information content (AvgIpc) is 2.58. The number of methoxy groups -OCH3 is 2. The van der Waals surface area contributed by atoms with E-state index in [2.05, 4.69) is 27.4 Å². The van der Waals surface area contributed by atoms with E-state index in [0.717, 1.165) is 12.8 Å². The molecule has 3 atom stereocenters. The summed E-state index contributed by atoms with van der Waals surface area (Å²) in [5, 5.41) is 0. The minimum Gasteiger partial charge on any atom is -0.469 e. The van der Waals surface area contributed by atoms with Crippen molar-refractivity contribution in [2.24, 2.45) is 22.7 Å². The average molecular weight is 363 g/mol. The fourth-order valence-corrected chi connectivity index (χ4v) is 5.56. The normalized spacial score (nSPS) is 31.1. The number of fused-ring (bicyclic) bond motifs is 1. The van der Waals surface area contributed by atoms with E-state index in [9.17, 15) is 9.59 Å². The predicted octanol–water partition coefficient (Wildman–Crippen LogP) is 4.84. The molecule has 146 valence electrons. The van der Waals surface area contributed by atoms with E-state index >= 15 is 0 Å². The molecule has 0 aromatic rings. The third-order valence-corrected chi connectivity index (χ3v) is 6.93. The smallest absolute Gasteiger partial charge is 0.333 e. The van der Waals surface area contributed by atoms with E-state index in [0.29, 0.717) is 22.8 Å². The van der Waals surface area contributed by atoms with Gasteiger partial charge in [-0.05, 0) is 54.8 Å². The maximum absolute atomic E-state index is 12.1. The van der Waals surface area contributed by atoms with Crippen molar-refractivity contribution in [3.05, 3.63) is 23.8 Å². The minimum absolute atomic E-state index is 0.0476. The first-order chi connectivity index (χ1) is 12.2. The van der Waals surface area contributed by atoms with E-state index in [4.69, 9.17) is 9.47 Å². The summed E-state index contributed by atoms with van der Waals surface area (Å²) in [4.78, 5) is 23.7. The van der Waals surface area contributed by atoms with Crippen molar-refractivity contribution in [3.8, 4) is 0 Å². The lowest BCUT2D eigenvalue weighted by Gasteiger charge is -2.58. The van der Waals surface area contributed by atoms with Crippen LogP contribution in [0.4, 0.5) is 0 Å². The lowest BCUT2D eigenvalue weighted by atomic mass is 9.47.